The standard InChI is InChI=1S/C13H16N4O4/c14-6-5-12(18)13(19)9-7-15-16(8-9)10-3-1-2-4-11(10)17(20)21/h1-4,7-8,12-13,18-19H,5-6,14H2. The molecule has 112 valence electrons. The molecule has 2 unspecified atom stereocenters. The summed E-state index contributed by atoms with van der Waals surface area (Å²) in [6.07, 6.45) is 0.926. The normalized spacial score (nSPS) is 13.9. The Morgan fingerprint density at radius 1 is 1.38 bits per heavy atom. The SMILES string of the molecule is NCCC(O)C(O)c1cnn(-c2ccccc2[N+](=O)[O-])c1. The molecule has 4 N–H and O–H groups in total. The third-order valence-corrected chi connectivity index (χ3v) is 3.10. The van der Waals surface area contributed by atoms with E-state index in [2.05, 4.69) is 5.10 Å². The second-order valence-electron chi connectivity index (χ2n) is 4.55. The van der Waals surface area contributed by atoms with E-state index in [9.17, 15) is 20.3 Å². The molecule has 0 bridgehead atoms. The van der Waals surface area contributed by atoms with Crippen LogP contribution in [0.5, 0.6) is 0 Å². The van der Waals surface area contributed by atoms with Gasteiger partial charge in [0, 0.05) is 17.8 Å². The van der Waals surface area contributed by atoms with Crippen LogP contribution in [0.1, 0.15) is 18.1 Å². The molecule has 1 aromatic heterocycles. The second-order valence-corrected chi connectivity index (χ2v) is 4.55. The number of nitro groups is 1. The zero-order chi connectivity index (χ0) is 15.4. The van der Waals surface area contributed by atoms with Crippen molar-refractivity contribution in [1.29, 1.82) is 0 Å². The first-order valence-electron chi connectivity index (χ1n) is 6.39. The number of hydrogen-bond donors (Lipinski definition) is 3. The summed E-state index contributed by atoms with van der Waals surface area (Å²) >= 11 is 0. The molecule has 0 saturated carbocycles. The fraction of sp³-hybridized carbons (Fsp3) is 0.308. The quantitative estimate of drug-likeness (QED) is 0.526. The maximum atomic E-state index is 11.0. The second kappa shape index (κ2) is 6.44. The predicted octanol–water partition coefficient (Wildman–Crippen LogP) is 0.524. The van der Waals surface area contributed by atoms with Crippen molar-refractivity contribution >= 4 is 5.69 Å². The number of benzene rings is 1. The van der Waals surface area contributed by atoms with Gasteiger partial charge in [-0.05, 0) is 19.0 Å². The molecule has 1 heterocycles. The first kappa shape index (κ1) is 15.1. The lowest BCUT2D eigenvalue weighted by atomic mass is 10.1. The molecule has 0 amide bonds. The smallest absolute Gasteiger partial charge is 0.294 e. The number of rotatable bonds is 6. The molecule has 0 spiro atoms. The number of nitrogens with two attached hydrogens (primary N) is 1. The summed E-state index contributed by atoms with van der Waals surface area (Å²) in [7, 11) is 0. The van der Waals surface area contributed by atoms with E-state index in [1.165, 1.54) is 23.1 Å². The molecule has 0 fully saturated rings. The van der Waals surface area contributed by atoms with Gasteiger partial charge in [0.05, 0.1) is 17.2 Å². The molecule has 0 aliphatic carbocycles. The lowest BCUT2D eigenvalue weighted by Crippen LogP contribution is -2.21. The number of aliphatic hydroxyl groups excluding tert-OH is 2. The summed E-state index contributed by atoms with van der Waals surface area (Å²) in [6.45, 7) is 0.247. The third kappa shape index (κ3) is 3.24. The molecule has 8 heteroatoms. The van der Waals surface area contributed by atoms with Gasteiger partial charge in [0.15, 0.2) is 0 Å². The minimum absolute atomic E-state index is 0.0934. The molecular weight excluding hydrogens is 276 g/mol. The summed E-state index contributed by atoms with van der Waals surface area (Å²) in [4.78, 5) is 10.5. The summed E-state index contributed by atoms with van der Waals surface area (Å²) < 4.78 is 1.30. The van der Waals surface area contributed by atoms with Gasteiger partial charge in [-0.3, -0.25) is 10.1 Å². The summed E-state index contributed by atoms with van der Waals surface area (Å²) in [5, 5.41) is 34.7. The van der Waals surface area contributed by atoms with Gasteiger partial charge < -0.3 is 15.9 Å². The van der Waals surface area contributed by atoms with Crippen LogP contribution in [0.15, 0.2) is 36.7 Å². The maximum Gasteiger partial charge on any atom is 0.294 e. The molecule has 0 radical (unpaired) electrons. The van der Waals surface area contributed by atoms with Gasteiger partial charge in [0.1, 0.15) is 11.8 Å². The zero-order valence-corrected chi connectivity index (χ0v) is 11.2. The third-order valence-electron chi connectivity index (χ3n) is 3.10. The Bertz CT molecular complexity index is 628. The van der Waals surface area contributed by atoms with Crippen LogP contribution in [0, 0.1) is 10.1 Å². The van der Waals surface area contributed by atoms with Crippen LogP contribution in [0.3, 0.4) is 0 Å². The van der Waals surface area contributed by atoms with Gasteiger partial charge >= 0.3 is 0 Å². The first-order chi connectivity index (χ1) is 10.0. The first-order valence-corrected chi connectivity index (χ1v) is 6.39. The lowest BCUT2D eigenvalue weighted by molar-refractivity contribution is -0.384. The molecule has 0 aliphatic rings. The highest BCUT2D eigenvalue weighted by Crippen LogP contribution is 2.24. The van der Waals surface area contributed by atoms with Gasteiger partial charge in [0.25, 0.3) is 5.69 Å². The molecule has 2 aromatic rings. The number of para-hydroxylation sites is 2. The summed E-state index contributed by atoms with van der Waals surface area (Å²) in [5.74, 6) is 0. The Hall–Kier alpha value is -2.29. The van der Waals surface area contributed by atoms with Crippen molar-refractivity contribution in [3.05, 3.63) is 52.3 Å². The lowest BCUT2D eigenvalue weighted by Gasteiger charge is -2.15. The van der Waals surface area contributed by atoms with Crippen molar-refractivity contribution in [3.63, 3.8) is 0 Å². The average Bonchev–Trinajstić information content (AvgIpc) is 2.96. The van der Waals surface area contributed by atoms with E-state index in [0.717, 1.165) is 0 Å². The molecule has 21 heavy (non-hydrogen) atoms. The topological polar surface area (TPSA) is 127 Å². The highest BCUT2D eigenvalue weighted by Gasteiger charge is 2.21. The molecule has 8 nitrogen and oxygen atoms in total. The Balaban J connectivity index is 2.30. The van der Waals surface area contributed by atoms with Crippen LogP contribution in [0.4, 0.5) is 5.69 Å². The van der Waals surface area contributed by atoms with Gasteiger partial charge in [-0.15, -0.1) is 0 Å². The van der Waals surface area contributed by atoms with Crippen LogP contribution in [0.25, 0.3) is 5.69 Å². The highest BCUT2D eigenvalue weighted by molar-refractivity contribution is 5.51. The van der Waals surface area contributed by atoms with E-state index in [4.69, 9.17) is 5.73 Å². The zero-order valence-electron chi connectivity index (χ0n) is 11.2. The monoisotopic (exact) mass is 292 g/mol. The van der Waals surface area contributed by atoms with Gasteiger partial charge in [0.2, 0.25) is 0 Å². The molecule has 0 aliphatic heterocycles. The number of aliphatic hydroxyl groups is 2. The van der Waals surface area contributed by atoms with E-state index >= 15 is 0 Å². The summed E-state index contributed by atoms with van der Waals surface area (Å²) in [5.41, 5.74) is 5.89. The minimum Gasteiger partial charge on any atom is -0.390 e. The molecule has 0 saturated heterocycles. The Morgan fingerprint density at radius 2 is 2.10 bits per heavy atom. The van der Waals surface area contributed by atoms with Crippen molar-refractivity contribution in [2.45, 2.75) is 18.6 Å². The van der Waals surface area contributed by atoms with Crippen molar-refractivity contribution in [1.82, 2.24) is 9.78 Å². The van der Waals surface area contributed by atoms with E-state index in [-0.39, 0.29) is 24.3 Å². The van der Waals surface area contributed by atoms with Gasteiger partial charge in [-0.25, -0.2) is 4.68 Å². The van der Waals surface area contributed by atoms with Crippen LogP contribution >= 0.6 is 0 Å². The largest absolute Gasteiger partial charge is 0.390 e. The fourth-order valence-corrected chi connectivity index (χ4v) is 1.98. The van der Waals surface area contributed by atoms with Crippen LogP contribution in [-0.4, -0.2) is 37.6 Å². The number of nitro benzene ring substituents is 1. The molecule has 1 aromatic carbocycles. The molecule has 2 rings (SSSR count). The van der Waals surface area contributed by atoms with Crippen LogP contribution < -0.4 is 5.73 Å². The Labute approximate surface area is 120 Å². The van der Waals surface area contributed by atoms with Gasteiger partial charge in [-0.1, -0.05) is 12.1 Å². The van der Waals surface area contributed by atoms with Crippen LogP contribution in [-0.2, 0) is 0 Å². The predicted molar refractivity (Wildman–Crippen MR) is 74.9 cm³/mol. The van der Waals surface area contributed by atoms with Crippen molar-refractivity contribution < 1.29 is 15.1 Å². The Morgan fingerprint density at radius 3 is 2.76 bits per heavy atom. The van der Waals surface area contributed by atoms with Crippen LogP contribution in [0.2, 0.25) is 0 Å². The van der Waals surface area contributed by atoms with Crippen molar-refractivity contribution in [3.8, 4) is 5.69 Å². The maximum absolute atomic E-state index is 11.0. The van der Waals surface area contributed by atoms with Crippen molar-refractivity contribution in [2.24, 2.45) is 5.73 Å². The van der Waals surface area contributed by atoms with Gasteiger partial charge in [-0.2, -0.15) is 5.10 Å². The highest BCUT2D eigenvalue weighted by atomic mass is 16.6. The summed E-state index contributed by atoms with van der Waals surface area (Å²) in [6, 6.07) is 6.14. The molecule has 2 atom stereocenters. The Kier molecular flexibility index (Phi) is 4.63. The van der Waals surface area contributed by atoms with Crippen molar-refractivity contribution in [2.75, 3.05) is 6.54 Å². The molecular formula is C13H16N4O4. The minimum atomic E-state index is -1.13. The van der Waals surface area contributed by atoms with E-state index < -0.39 is 17.1 Å². The van der Waals surface area contributed by atoms with E-state index in [0.29, 0.717) is 5.56 Å². The number of aromatic nitrogens is 2. The van der Waals surface area contributed by atoms with E-state index in [1.807, 2.05) is 0 Å². The fourth-order valence-electron chi connectivity index (χ4n) is 1.98. The number of nitrogens with zero attached hydrogens (tertiary/aromatic N) is 3. The van der Waals surface area contributed by atoms with E-state index in [1.54, 1.807) is 18.2 Å². The average molecular weight is 292 g/mol. The number of hydrogen-bond acceptors (Lipinski definition) is 6.